The first-order valence-corrected chi connectivity index (χ1v) is 5.88. The molecule has 0 aliphatic heterocycles. The van der Waals surface area contributed by atoms with Gasteiger partial charge in [0.25, 0.3) is 0 Å². The Labute approximate surface area is 107 Å². The van der Waals surface area contributed by atoms with Gasteiger partial charge in [0, 0.05) is 20.3 Å². The van der Waals surface area contributed by atoms with E-state index in [9.17, 15) is 4.79 Å². The lowest BCUT2D eigenvalue weighted by Gasteiger charge is -2.14. The van der Waals surface area contributed by atoms with Crippen LogP contribution in [0, 0.1) is 3.57 Å². The molecule has 0 saturated heterocycles. The summed E-state index contributed by atoms with van der Waals surface area (Å²) < 4.78 is 0.984. The number of rotatable bonds is 4. The first-order chi connectivity index (χ1) is 6.99. The van der Waals surface area contributed by atoms with E-state index in [1.165, 1.54) is 0 Å². The Bertz CT molecular complexity index is 370. The molecule has 82 valence electrons. The van der Waals surface area contributed by atoms with Crippen LogP contribution in [-0.4, -0.2) is 17.1 Å². The standard InChI is InChI=1S/C10H11ClINO2/c1-6(4-10(14)15)13-9-3-2-7(11)5-8(9)12/h2-3,5-6,13H,4H2,1H3,(H,14,15). The second-order valence-corrected chi connectivity index (χ2v) is 4.87. The minimum atomic E-state index is -0.807. The zero-order valence-corrected chi connectivity index (χ0v) is 11.0. The number of halogens is 2. The average Bonchev–Trinajstić information content (AvgIpc) is 2.08. The molecule has 3 nitrogen and oxygen atoms in total. The molecule has 0 amide bonds. The number of carboxylic acid groups (broad SMARTS) is 1. The van der Waals surface area contributed by atoms with Crippen molar-refractivity contribution in [2.75, 3.05) is 5.32 Å². The predicted octanol–water partition coefficient (Wildman–Crippen LogP) is 3.22. The molecule has 15 heavy (non-hydrogen) atoms. The molecule has 0 spiro atoms. The van der Waals surface area contributed by atoms with Crippen LogP contribution in [-0.2, 0) is 4.79 Å². The number of benzene rings is 1. The molecular weight excluding hydrogens is 328 g/mol. The van der Waals surface area contributed by atoms with Crippen molar-refractivity contribution in [1.82, 2.24) is 0 Å². The molecule has 1 aromatic carbocycles. The Morgan fingerprint density at radius 1 is 1.67 bits per heavy atom. The van der Waals surface area contributed by atoms with Crippen molar-refractivity contribution < 1.29 is 9.90 Å². The first kappa shape index (κ1) is 12.6. The number of nitrogens with one attached hydrogen (secondary N) is 1. The summed E-state index contributed by atoms with van der Waals surface area (Å²) in [4.78, 5) is 10.5. The van der Waals surface area contributed by atoms with Crippen molar-refractivity contribution in [2.24, 2.45) is 0 Å². The summed E-state index contributed by atoms with van der Waals surface area (Å²) in [6.45, 7) is 1.83. The van der Waals surface area contributed by atoms with Gasteiger partial charge in [-0.1, -0.05) is 11.6 Å². The lowest BCUT2D eigenvalue weighted by Crippen LogP contribution is -2.19. The molecule has 0 aliphatic carbocycles. The van der Waals surface area contributed by atoms with Gasteiger partial charge in [-0.05, 0) is 47.7 Å². The molecule has 1 rings (SSSR count). The van der Waals surface area contributed by atoms with Crippen molar-refractivity contribution in [1.29, 1.82) is 0 Å². The zero-order valence-electron chi connectivity index (χ0n) is 8.13. The molecular formula is C10H11ClINO2. The topological polar surface area (TPSA) is 49.3 Å². The van der Waals surface area contributed by atoms with Gasteiger partial charge in [0.2, 0.25) is 0 Å². The van der Waals surface area contributed by atoms with E-state index in [1.807, 2.05) is 19.1 Å². The van der Waals surface area contributed by atoms with Crippen LogP contribution in [0.4, 0.5) is 5.69 Å². The van der Waals surface area contributed by atoms with Gasteiger partial charge in [0.05, 0.1) is 6.42 Å². The maximum atomic E-state index is 10.5. The van der Waals surface area contributed by atoms with Crippen molar-refractivity contribution >= 4 is 45.8 Å². The summed E-state index contributed by atoms with van der Waals surface area (Å²) in [5, 5.41) is 12.4. The van der Waals surface area contributed by atoms with Crippen molar-refractivity contribution in [3.63, 3.8) is 0 Å². The highest BCUT2D eigenvalue weighted by molar-refractivity contribution is 14.1. The first-order valence-electron chi connectivity index (χ1n) is 4.42. The van der Waals surface area contributed by atoms with Crippen LogP contribution in [0.1, 0.15) is 13.3 Å². The fourth-order valence-corrected chi connectivity index (χ4v) is 2.21. The Hall–Kier alpha value is -0.490. The number of carbonyl (C=O) groups is 1. The number of hydrogen-bond donors (Lipinski definition) is 2. The maximum absolute atomic E-state index is 10.5. The third-order valence-corrected chi connectivity index (χ3v) is 2.94. The quantitative estimate of drug-likeness (QED) is 0.828. The summed E-state index contributed by atoms with van der Waals surface area (Å²) in [6.07, 6.45) is 0.0959. The van der Waals surface area contributed by atoms with E-state index in [0.29, 0.717) is 5.02 Å². The summed E-state index contributed by atoms with van der Waals surface area (Å²) >= 11 is 7.97. The monoisotopic (exact) mass is 339 g/mol. The van der Waals surface area contributed by atoms with E-state index in [1.54, 1.807) is 6.07 Å². The third kappa shape index (κ3) is 4.25. The van der Waals surface area contributed by atoms with Crippen LogP contribution >= 0.6 is 34.2 Å². The summed E-state index contributed by atoms with van der Waals surface area (Å²) in [7, 11) is 0. The molecule has 0 radical (unpaired) electrons. The molecule has 0 saturated carbocycles. The largest absolute Gasteiger partial charge is 0.481 e. The minimum Gasteiger partial charge on any atom is -0.481 e. The van der Waals surface area contributed by atoms with Gasteiger partial charge in [-0.2, -0.15) is 0 Å². The highest BCUT2D eigenvalue weighted by atomic mass is 127. The minimum absolute atomic E-state index is 0.0959. The highest BCUT2D eigenvalue weighted by Crippen LogP contribution is 2.23. The molecule has 0 heterocycles. The average molecular weight is 340 g/mol. The molecule has 0 aliphatic rings. The smallest absolute Gasteiger partial charge is 0.305 e. The van der Waals surface area contributed by atoms with Crippen molar-refractivity contribution in [3.05, 3.63) is 26.8 Å². The zero-order chi connectivity index (χ0) is 11.4. The van der Waals surface area contributed by atoms with Gasteiger partial charge in [-0.15, -0.1) is 0 Å². The molecule has 0 fully saturated rings. The van der Waals surface area contributed by atoms with Crippen LogP contribution < -0.4 is 5.32 Å². The van der Waals surface area contributed by atoms with Gasteiger partial charge in [-0.25, -0.2) is 0 Å². The van der Waals surface area contributed by atoms with Crippen LogP contribution in [0.5, 0.6) is 0 Å². The fourth-order valence-electron chi connectivity index (χ4n) is 1.18. The van der Waals surface area contributed by atoms with Gasteiger partial charge in [0.1, 0.15) is 0 Å². The molecule has 2 N–H and O–H groups in total. The Morgan fingerprint density at radius 2 is 2.33 bits per heavy atom. The number of aliphatic carboxylic acids is 1. The molecule has 1 atom stereocenters. The highest BCUT2D eigenvalue weighted by Gasteiger charge is 2.08. The molecule has 5 heteroatoms. The molecule has 1 unspecified atom stereocenters. The normalized spacial score (nSPS) is 12.2. The van der Waals surface area contributed by atoms with Gasteiger partial charge in [-0.3, -0.25) is 4.79 Å². The van der Waals surface area contributed by atoms with Crippen LogP contribution in [0.15, 0.2) is 18.2 Å². The maximum Gasteiger partial charge on any atom is 0.305 e. The van der Waals surface area contributed by atoms with E-state index >= 15 is 0 Å². The predicted molar refractivity (Wildman–Crippen MR) is 69.5 cm³/mol. The fraction of sp³-hybridized carbons (Fsp3) is 0.300. The summed E-state index contributed by atoms with van der Waals surface area (Å²) in [6, 6.07) is 5.36. The second kappa shape index (κ2) is 5.55. The summed E-state index contributed by atoms with van der Waals surface area (Å²) in [5.74, 6) is -0.807. The van der Waals surface area contributed by atoms with Gasteiger partial charge < -0.3 is 10.4 Å². The lowest BCUT2D eigenvalue weighted by atomic mass is 10.2. The summed E-state index contributed by atoms with van der Waals surface area (Å²) in [5.41, 5.74) is 0.911. The van der Waals surface area contributed by atoms with E-state index < -0.39 is 5.97 Å². The van der Waals surface area contributed by atoms with E-state index in [-0.39, 0.29) is 12.5 Å². The Morgan fingerprint density at radius 3 is 2.87 bits per heavy atom. The van der Waals surface area contributed by atoms with E-state index in [4.69, 9.17) is 16.7 Å². The molecule has 0 aromatic heterocycles. The number of carboxylic acids is 1. The number of anilines is 1. The SMILES string of the molecule is CC(CC(=O)O)Nc1ccc(Cl)cc1I. The lowest BCUT2D eigenvalue weighted by molar-refractivity contribution is -0.137. The second-order valence-electron chi connectivity index (χ2n) is 3.27. The molecule has 0 bridgehead atoms. The third-order valence-electron chi connectivity index (χ3n) is 1.81. The van der Waals surface area contributed by atoms with Crippen LogP contribution in [0.25, 0.3) is 0 Å². The van der Waals surface area contributed by atoms with Crippen LogP contribution in [0.3, 0.4) is 0 Å². The number of hydrogen-bond acceptors (Lipinski definition) is 2. The van der Waals surface area contributed by atoms with Crippen molar-refractivity contribution in [3.8, 4) is 0 Å². The van der Waals surface area contributed by atoms with Crippen LogP contribution in [0.2, 0.25) is 5.02 Å². The van der Waals surface area contributed by atoms with Gasteiger partial charge >= 0.3 is 5.97 Å². The van der Waals surface area contributed by atoms with Gasteiger partial charge in [0.15, 0.2) is 0 Å². The Balaban J connectivity index is 2.68. The van der Waals surface area contributed by atoms with Crippen molar-refractivity contribution in [2.45, 2.75) is 19.4 Å². The van der Waals surface area contributed by atoms with E-state index in [0.717, 1.165) is 9.26 Å². The Kier molecular flexibility index (Phi) is 4.66. The molecule has 1 aromatic rings. The van der Waals surface area contributed by atoms with E-state index in [2.05, 4.69) is 27.9 Å².